The van der Waals surface area contributed by atoms with Crippen LogP contribution in [0.1, 0.15) is 36.9 Å². The van der Waals surface area contributed by atoms with Gasteiger partial charge in [0.1, 0.15) is 17.0 Å². The van der Waals surface area contributed by atoms with Crippen molar-refractivity contribution in [3.63, 3.8) is 0 Å². The Morgan fingerprint density at radius 1 is 1.19 bits per heavy atom. The Hall–Kier alpha value is -2.35. The second-order valence-electron chi connectivity index (χ2n) is 6.83. The molecular formula is C18H16F4N2O2. The Balaban J connectivity index is 1.77. The maximum absolute atomic E-state index is 14.2. The van der Waals surface area contributed by atoms with Crippen LogP contribution in [0, 0.1) is 5.82 Å². The third-order valence-electron chi connectivity index (χ3n) is 5.06. The summed E-state index contributed by atoms with van der Waals surface area (Å²) >= 11 is 0. The predicted octanol–water partition coefficient (Wildman–Crippen LogP) is 4.03. The highest BCUT2D eigenvalue weighted by Gasteiger charge is 2.52. The molecule has 2 aliphatic rings. The summed E-state index contributed by atoms with van der Waals surface area (Å²) in [6, 6.07) is 6.74. The highest BCUT2D eigenvalue weighted by molar-refractivity contribution is 5.47. The fourth-order valence-corrected chi connectivity index (χ4v) is 3.74. The maximum atomic E-state index is 14.2. The summed E-state index contributed by atoms with van der Waals surface area (Å²) in [6.07, 6.45) is -0.400. The molecule has 0 saturated heterocycles. The van der Waals surface area contributed by atoms with E-state index in [-0.39, 0.29) is 0 Å². The van der Waals surface area contributed by atoms with Gasteiger partial charge in [-0.2, -0.15) is 0 Å². The third kappa shape index (κ3) is 2.78. The molecule has 0 radical (unpaired) electrons. The number of rotatable bonds is 2. The van der Waals surface area contributed by atoms with Crippen LogP contribution in [0.15, 0.2) is 36.5 Å². The molecule has 1 fully saturated rings. The fourth-order valence-electron chi connectivity index (χ4n) is 3.74. The molecule has 4 nitrogen and oxygen atoms in total. The highest BCUT2D eigenvalue weighted by Crippen LogP contribution is 2.52. The number of ether oxygens (including phenoxy) is 2. The van der Waals surface area contributed by atoms with Gasteiger partial charge in [0.15, 0.2) is 11.6 Å². The zero-order valence-corrected chi connectivity index (χ0v) is 13.6. The van der Waals surface area contributed by atoms with Crippen molar-refractivity contribution < 1.29 is 27.0 Å². The first-order chi connectivity index (χ1) is 12.2. The Morgan fingerprint density at radius 2 is 1.96 bits per heavy atom. The molecule has 0 amide bonds. The van der Waals surface area contributed by atoms with Gasteiger partial charge in [0.05, 0.1) is 5.54 Å². The number of fused-ring (bicyclic) bond motifs is 1. The number of nitrogens with two attached hydrogens (primary N) is 1. The Bertz CT molecular complexity index is 851. The number of halogens is 4. The Labute approximate surface area is 146 Å². The summed E-state index contributed by atoms with van der Waals surface area (Å²) in [5.74, 6) is -1.50. The van der Waals surface area contributed by atoms with Gasteiger partial charge in [-0.05, 0) is 49.1 Å². The largest absolute Gasteiger partial charge is 0.573 e. The van der Waals surface area contributed by atoms with E-state index >= 15 is 0 Å². The SMILES string of the molecule is N[C@]1(c2ccc(OC(F)(F)F)c(F)c2)CC2(CCC2)Oc2cccnc21. The lowest BCUT2D eigenvalue weighted by Crippen LogP contribution is -2.56. The summed E-state index contributed by atoms with van der Waals surface area (Å²) in [4.78, 5) is 4.30. The van der Waals surface area contributed by atoms with E-state index in [1.54, 1.807) is 18.3 Å². The van der Waals surface area contributed by atoms with Gasteiger partial charge in [-0.3, -0.25) is 4.98 Å². The van der Waals surface area contributed by atoms with E-state index in [2.05, 4.69) is 9.72 Å². The third-order valence-corrected chi connectivity index (χ3v) is 5.06. The van der Waals surface area contributed by atoms with Crippen LogP contribution < -0.4 is 15.2 Å². The van der Waals surface area contributed by atoms with Gasteiger partial charge in [-0.1, -0.05) is 6.07 Å². The normalized spacial score (nSPS) is 23.7. The predicted molar refractivity (Wildman–Crippen MR) is 84.1 cm³/mol. The van der Waals surface area contributed by atoms with Crippen molar-refractivity contribution in [3.05, 3.63) is 53.6 Å². The van der Waals surface area contributed by atoms with E-state index in [0.29, 0.717) is 23.4 Å². The molecular weight excluding hydrogens is 352 g/mol. The van der Waals surface area contributed by atoms with E-state index in [4.69, 9.17) is 10.5 Å². The standard InChI is InChI=1S/C18H16F4N2O2/c19-12-9-11(4-5-13(12)26-18(20,21)22)17(23)10-16(6-2-7-16)25-14-3-1-8-24-15(14)17/h1,3-5,8-9H,2,6-7,10,23H2/t17-/m0/s1. The van der Waals surface area contributed by atoms with Gasteiger partial charge in [0, 0.05) is 12.6 Å². The van der Waals surface area contributed by atoms with Crippen LogP contribution >= 0.6 is 0 Å². The minimum absolute atomic E-state index is 0.332. The van der Waals surface area contributed by atoms with E-state index in [1.807, 2.05) is 0 Å². The number of aromatic nitrogens is 1. The molecule has 26 heavy (non-hydrogen) atoms. The second kappa shape index (κ2) is 5.57. The average molecular weight is 368 g/mol. The lowest BCUT2D eigenvalue weighted by molar-refractivity contribution is -0.275. The molecule has 8 heteroatoms. The second-order valence-corrected chi connectivity index (χ2v) is 6.83. The minimum atomic E-state index is -4.97. The molecule has 1 aromatic heterocycles. The summed E-state index contributed by atoms with van der Waals surface area (Å²) in [5, 5.41) is 0. The summed E-state index contributed by atoms with van der Waals surface area (Å²) in [6.45, 7) is 0. The van der Waals surface area contributed by atoms with Crippen molar-refractivity contribution in [2.24, 2.45) is 5.73 Å². The van der Waals surface area contributed by atoms with Crippen molar-refractivity contribution in [2.45, 2.75) is 43.2 Å². The first-order valence-electron chi connectivity index (χ1n) is 8.20. The smallest absolute Gasteiger partial charge is 0.485 e. The molecule has 4 rings (SSSR count). The van der Waals surface area contributed by atoms with Gasteiger partial charge in [-0.25, -0.2) is 4.39 Å². The molecule has 0 unspecified atom stereocenters. The van der Waals surface area contributed by atoms with Crippen LogP contribution in [0.25, 0.3) is 0 Å². The molecule has 2 heterocycles. The maximum Gasteiger partial charge on any atom is 0.573 e. The Kier molecular flexibility index (Phi) is 3.66. The molecule has 138 valence electrons. The van der Waals surface area contributed by atoms with Gasteiger partial charge < -0.3 is 15.2 Å². The molecule has 1 spiro atoms. The van der Waals surface area contributed by atoms with Crippen molar-refractivity contribution in [1.29, 1.82) is 0 Å². The van der Waals surface area contributed by atoms with Gasteiger partial charge in [0.2, 0.25) is 0 Å². The van der Waals surface area contributed by atoms with Crippen LogP contribution in [-0.2, 0) is 5.54 Å². The fraction of sp³-hybridized carbons (Fsp3) is 0.389. The summed E-state index contributed by atoms with van der Waals surface area (Å²) in [7, 11) is 0. The molecule has 1 aliphatic heterocycles. The first-order valence-corrected chi connectivity index (χ1v) is 8.20. The number of pyridine rings is 1. The summed E-state index contributed by atoms with van der Waals surface area (Å²) < 4.78 is 61.1. The van der Waals surface area contributed by atoms with Crippen molar-refractivity contribution >= 4 is 0 Å². The van der Waals surface area contributed by atoms with Crippen LogP contribution in [0.3, 0.4) is 0 Å². The summed E-state index contributed by atoms with van der Waals surface area (Å²) in [5.41, 5.74) is 5.83. The van der Waals surface area contributed by atoms with E-state index in [0.717, 1.165) is 31.4 Å². The monoisotopic (exact) mass is 368 g/mol. The van der Waals surface area contributed by atoms with Crippen molar-refractivity contribution in [1.82, 2.24) is 4.98 Å². The molecule has 1 saturated carbocycles. The molecule has 1 atom stereocenters. The lowest BCUT2D eigenvalue weighted by atomic mass is 9.67. The van der Waals surface area contributed by atoms with Gasteiger partial charge >= 0.3 is 6.36 Å². The van der Waals surface area contributed by atoms with Crippen molar-refractivity contribution in [3.8, 4) is 11.5 Å². The van der Waals surface area contributed by atoms with E-state index in [9.17, 15) is 17.6 Å². The van der Waals surface area contributed by atoms with E-state index < -0.39 is 29.1 Å². The zero-order chi connectivity index (χ0) is 18.6. The molecule has 0 bridgehead atoms. The first kappa shape index (κ1) is 17.1. The minimum Gasteiger partial charge on any atom is -0.485 e. The Morgan fingerprint density at radius 3 is 2.58 bits per heavy atom. The number of alkyl halides is 3. The lowest BCUT2D eigenvalue weighted by Gasteiger charge is -2.51. The molecule has 1 aromatic carbocycles. The molecule has 2 aromatic rings. The molecule has 1 aliphatic carbocycles. The zero-order valence-electron chi connectivity index (χ0n) is 13.6. The van der Waals surface area contributed by atoms with Crippen molar-refractivity contribution in [2.75, 3.05) is 0 Å². The van der Waals surface area contributed by atoms with Gasteiger partial charge in [-0.15, -0.1) is 13.2 Å². The van der Waals surface area contributed by atoms with Crippen LogP contribution in [0.5, 0.6) is 11.5 Å². The number of nitrogens with zero attached hydrogens (tertiary/aromatic N) is 1. The van der Waals surface area contributed by atoms with Gasteiger partial charge in [0.25, 0.3) is 0 Å². The number of hydrogen-bond acceptors (Lipinski definition) is 4. The van der Waals surface area contributed by atoms with Crippen LogP contribution in [0.4, 0.5) is 17.6 Å². The quantitative estimate of drug-likeness (QED) is 0.814. The van der Waals surface area contributed by atoms with E-state index in [1.165, 1.54) is 6.07 Å². The average Bonchev–Trinajstić information content (AvgIpc) is 2.54. The number of hydrogen-bond donors (Lipinski definition) is 1. The molecule has 2 N–H and O–H groups in total. The van der Waals surface area contributed by atoms with Crippen LogP contribution in [-0.4, -0.2) is 16.9 Å². The number of benzene rings is 1. The van der Waals surface area contributed by atoms with Crippen LogP contribution in [0.2, 0.25) is 0 Å². The topological polar surface area (TPSA) is 57.4 Å². The highest BCUT2D eigenvalue weighted by atomic mass is 19.4.